The smallest absolute Gasteiger partial charge is 0.352 e. The molecule has 0 spiro atoms. The Morgan fingerprint density at radius 3 is 2.77 bits per heavy atom. The van der Waals surface area contributed by atoms with Crippen molar-refractivity contribution >= 4 is 46.9 Å². The molecule has 0 saturated carbocycles. The molecule has 2 unspecified atom stereocenters. The summed E-state index contributed by atoms with van der Waals surface area (Å²) in [5.74, 6) is -2.62. The number of β-lactam (4-membered cyclic amide) rings is 1. The van der Waals surface area contributed by atoms with E-state index in [1.54, 1.807) is 30.5 Å². The van der Waals surface area contributed by atoms with E-state index in [2.05, 4.69) is 10.3 Å². The number of fused-ring (bicyclic) bond motifs is 1. The first-order chi connectivity index (χ1) is 14.9. The molecule has 4 heterocycles. The van der Waals surface area contributed by atoms with Gasteiger partial charge in [0.25, 0.3) is 11.8 Å². The SMILES string of the molecule is CC1=C(C(=O)O)N2C(=O)C(NC(=O)C(OC(=O)c3cccnc3)c3cccs3)[C@H]2SC1. The number of nitrogens with zero attached hydrogens (tertiary/aromatic N) is 2. The van der Waals surface area contributed by atoms with E-state index in [0.29, 0.717) is 16.2 Å². The number of amides is 2. The van der Waals surface area contributed by atoms with Gasteiger partial charge in [0.1, 0.15) is 17.1 Å². The molecule has 11 heteroatoms. The average molecular weight is 460 g/mol. The van der Waals surface area contributed by atoms with Crippen LogP contribution in [-0.4, -0.2) is 55.9 Å². The molecule has 1 saturated heterocycles. The van der Waals surface area contributed by atoms with Crippen molar-refractivity contribution in [2.24, 2.45) is 0 Å². The van der Waals surface area contributed by atoms with E-state index in [9.17, 15) is 24.3 Å². The first-order valence-corrected chi connectivity index (χ1v) is 11.1. The number of thiophene rings is 1. The fraction of sp³-hybridized carbons (Fsp3) is 0.250. The summed E-state index contributed by atoms with van der Waals surface area (Å²) in [7, 11) is 0. The van der Waals surface area contributed by atoms with Crippen LogP contribution in [0.25, 0.3) is 0 Å². The lowest BCUT2D eigenvalue weighted by molar-refractivity contribution is -0.151. The third-order valence-corrected chi connectivity index (χ3v) is 7.16. The first-order valence-electron chi connectivity index (χ1n) is 9.21. The minimum absolute atomic E-state index is 0.0444. The minimum atomic E-state index is -1.25. The fourth-order valence-corrected chi connectivity index (χ4v) is 5.39. The maximum atomic E-state index is 13.0. The number of carbonyl (C=O) groups is 4. The van der Waals surface area contributed by atoms with Gasteiger partial charge in [0.05, 0.1) is 10.4 Å². The van der Waals surface area contributed by atoms with Crippen molar-refractivity contribution in [1.29, 1.82) is 0 Å². The highest BCUT2D eigenvalue weighted by Gasteiger charge is 2.54. The Morgan fingerprint density at radius 1 is 1.32 bits per heavy atom. The van der Waals surface area contributed by atoms with Crippen LogP contribution in [0.15, 0.2) is 53.3 Å². The Hall–Kier alpha value is -3.18. The van der Waals surface area contributed by atoms with Crippen LogP contribution in [-0.2, 0) is 19.1 Å². The van der Waals surface area contributed by atoms with E-state index in [1.165, 1.54) is 46.5 Å². The second-order valence-electron chi connectivity index (χ2n) is 6.87. The van der Waals surface area contributed by atoms with Gasteiger partial charge < -0.3 is 15.2 Å². The number of pyridine rings is 1. The van der Waals surface area contributed by atoms with Gasteiger partial charge in [-0.1, -0.05) is 6.07 Å². The van der Waals surface area contributed by atoms with Crippen LogP contribution < -0.4 is 5.32 Å². The Kier molecular flexibility index (Phi) is 5.79. The van der Waals surface area contributed by atoms with Crippen molar-refractivity contribution in [3.63, 3.8) is 0 Å². The molecule has 0 aliphatic carbocycles. The highest BCUT2D eigenvalue weighted by atomic mass is 32.2. The quantitative estimate of drug-likeness (QED) is 0.495. The Bertz CT molecular complexity index is 1070. The Morgan fingerprint density at radius 2 is 2.13 bits per heavy atom. The molecule has 3 atom stereocenters. The van der Waals surface area contributed by atoms with E-state index in [4.69, 9.17) is 4.74 Å². The van der Waals surface area contributed by atoms with Crippen LogP contribution in [0, 0.1) is 0 Å². The van der Waals surface area contributed by atoms with Gasteiger partial charge >= 0.3 is 11.9 Å². The van der Waals surface area contributed by atoms with Gasteiger partial charge in [0.2, 0.25) is 6.10 Å². The number of carboxylic acid groups (broad SMARTS) is 1. The zero-order valence-corrected chi connectivity index (χ0v) is 17.8. The lowest BCUT2D eigenvalue weighted by atomic mass is 10.0. The topological polar surface area (TPSA) is 126 Å². The van der Waals surface area contributed by atoms with Gasteiger partial charge in [-0.05, 0) is 36.1 Å². The van der Waals surface area contributed by atoms with Crippen LogP contribution in [0.4, 0.5) is 0 Å². The summed E-state index contributed by atoms with van der Waals surface area (Å²) in [5.41, 5.74) is 0.739. The predicted molar refractivity (Wildman–Crippen MR) is 112 cm³/mol. The summed E-state index contributed by atoms with van der Waals surface area (Å²) >= 11 is 2.61. The van der Waals surface area contributed by atoms with Crippen molar-refractivity contribution in [3.05, 3.63) is 63.7 Å². The average Bonchev–Trinajstić information content (AvgIpc) is 3.30. The van der Waals surface area contributed by atoms with Crippen LogP contribution in [0.5, 0.6) is 0 Å². The molecule has 2 N–H and O–H groups in total. The number of carbonyl (C=O) groups excluding carboxylic acids is 3. The summed E-state index contributed by atoms with van der Waals surface area (Å²) in [4.78, 5) is 55.2. The molecule has 9 nitrogen and oxygen atoms in total. The molecule has 160 valence electrons. The van der Waals surface area contributed by atoms with Gasteiger partial charge in [0, 0.05) is 18.1 Å². The van der Waals surface area contributed by atoms with Gasteiger partial charge in [-0.2, -0.15) is 0 Å². The van der Waals surface area contributed by atoms with Crippen molar-refractivity contribution in [2.75, 3.05) is 5.75 Å². The van der Waals surface area contributed by atoms with Gasteiger partial charge in [-0.25, -0.2) is 9.59 Å². The zero-order valence-electron chi connectivity index (χ0n) is 16.2. The van der Waals surface area contributed by atoms with Gasteiger partial charge in [0.15, 0.2) is 0 Å². The number of hydrogen-bond acceptors (Lipinski definition) is 8. The second kappa shape index (κ2) is 8.52. The number of rotatable bonds is 6. The summed E-state index contributed by atoms with van der Waals surface area (Å²) < 4.78 is 5.44. The molecule has 1 fully saturated rings. The van der Waals surface area contributed by atoms with E-state index in [-0.39, 0.29) is 11.3 Å². The molecule has 31 heavy (non-hydrogen) atoms. The molecule has 4 rings (SSSR count). The van der Waals surface area contributed by atoms with Crippen LogP contribution in [0.2, 0.25) is 0 Å². The molecule has 0 aromatic carbocycles. The zero-order chi connectivity index (χ0) is 22.1. The molecule has 0 bridgehead atoms. The summed E-state index contributed by atoms with van der Waals surface area (Å²) in [6.45, 7) is 1.66. The van der Waals surface area contributed by atoms with Crippen molar-refractivity contribution < 1.29 is 29.0 Å². The minimum Gasteiger partial charge on any atom is -0.477 e. The molecule has 2 aromatic heterocycles. The number of ether oxygens (including phenoxy) is 1. The van der Waals surface area contributed by atoms with Gasteiger partial charge in [-0.15, -0.1) is 23.1 Å². The molecular formula is C20H17N3O6S2. The third kappa shape index (κ3) is 3.93. The second-order valence-corrected chi connectivity index (χ2v) is 8.96. The molecule has 2 amide bonds. The standard InChI is InChI=1S/C20H17N3O6S2/c1-10-9-31-18-13(17(25)23(18)14(10)19(26)27)22-16(24)15(12-5-3-7-30-12)29-20(28)11-4-2-6-21-8-11/h2-8,13,15,18H,9H2,1H3,(H,22,24)(H,26,27)/t13?,15?,18-/m1/s1. The van der Waals surface area contributed by atoms with Gasteiger partial charge in [-0.3, -0.25) is 19.5 Å². The van der Waals surface area contributed by atoms with Crippen molar-refractivity contribution in [3.8, 4) is 0 Å². The number of aliphatic carboxylic acids is 1. The number of hydrogen-bond donors (Lipinski definition) is 2. The number of thioether (sulfide) groups is 1. The lowest BCUT2D eigenvalue weighted by Crippen LogP contribution is -2.70. The van der Waals surface area contributed by atoms with E-state index < -0.39 is 41.3 Å². The van der Waals surface area contributed by atoms with Crippen LogP contribution in [0.1, 0.15) is 28.3 Å². The predicted octanol–water partition coefficient (Wildman–Crippen LogP) is 1.80. The largest absolute Gasteiger partial charge is 0.477 e. The number of esters is 1. The fourth-order valence-electron chi connectivity index (χ4n) is 3.34. The maximum Gasteiger partial charge on any atom is 0.352 e. The van der Waals surface area contributed by atoms with Crippen LogP contribution >= 0.6 is 23.1 Å². The third-order valence-electron chi connectivity index (χ3n) is 4.82. The Balaban J connectivity index is 1.51. The summed E-state index contributed by atoms with van der Waals surface area (Å²) in [5, 5.41) is 13.3. The monoisotopic (exact) mass is 459 g/mol. The Labute approximate surface area is 185 Å². The van der Waals surface area contributed by atoms with E-state index >= 15 is 0 Å². The van der Waals surface area contributed by atoms with E-state index in [0.717, 1.165) is 0 Å². The summed E-state index contributed by atoms with van der Waals surface area (Å²) in [6.07, 6.45) is 1.59. The van der Waals surface area contributed by atoms with E-state index in [1.807, 2.05) is 0 Å². The first kappa shape index (κ1) is 21.1. The maximum absolute atomic E-state index is 13.0. The number of carboxylic acids is 1. The highest BCUT2D eigenvalue weighted by molar-refractivity contribution is 8.00. The lowest BCUT2D eigenvalue weighted by Gasteiger charge is -2.49. The highest BCUT2D eigenvalue weighted by Crippen LogP contribution is 2.40. The molecule has 2 aliphatic heterocycles. The normalized spacial score (nSPS) is 21.1. The number of nitrogens with one attached hydrogen (secondary N) is 1. The molecule has 0 radical (unpaired) electrons. The molecular weight excluding hydrogens is 442 g/mol. The van der Waals surface area contributed by atoms with Crippen molar-refractivity contribution in [1.82, 2.24) is 15.2 Å². The number of aromatic nitrogens is 1. The molecule has 2 aromatic rings. The summed E-state index contributed by atoms with van der Waals surface area (Å²) in [6, 6.07) is 5.57. The molecule has 2 aliphatic rings. The van der Waals surface area contributed by atoms with Crippen LogP contribution in [0.3, 0.4) is 0 Å². The van der Waals surface area contributed by atoms with Crippen molar-refractivity contribution in [2.45, 2.75) is 24.4 Å².